The van der Waals surface area contributed by atoms with E-state index >= 15 is 0 Å². The molecule has 1 amide bonds. The molecule has 2 aromatic rings. The lowest BCUT2D eigenvalue weighted by Crippen LogP contribution is -2.43. The first-order valence-corrected chi connectivity index (χ1v) is 8.77. The minimum absolute atomic E-state index is 0.417. The maximum Gasteiger partial charge on any atom is 0.408 e. The highest BCUT2D eigenvalue weighted by Gasteiger charge is 2.26. The van der Waals surface area contributed by atoms with Crippen molar-refractivity contribution in [2.45, 2.75) is 52.7 Å². The molecule has 0 unspecified atom stereocenters. The van der Waals surface area contributed by atoms with Gasteiger partial charge >= 0.3 is 6.09 Å². The van der Waals surface area contributed by atoms with Crippen LogP contribution in [0.25, 0.3) is 11.6 Å². The third-order valence-corrected chi connectivity index (χ3v) is 3.96. The average Bonchev–Trinajstić information content (AvgIpc) is 2.53. The molecule has 0 aliphatic rings. The van der Waals surface area contributed by atoms with Gasteiger partial charge in [0.05, 0.1) is 5.54 Å². The highest BCUT2D eigenvalue weighted by molar-refractivity contribution is 5.80. The van der Waals surface area contributed by atoms with Gasteiger partial charge < -0.3 is 10.1 Å². The Hall–Kier alpha value is -2.62. The third kappa shape index (κ3) is 5.73. The molecular weight excluding hydrogens is 324 g/mol. The minimum atomic E-state index is -0.523. The fourth-order valence-corrected chi connectivity index (χ4v) is 2.58. The van der Waals surface area contributed by atoms with Crippen molar-refractivity contribution in [3.05, 3.63) is 65.5 Å². The Balaban J connectivity index is 2.12. The highest BCUT2D eigenvalue weighted by Crippen LogP contribution is 2.23. The molecule has 0 saturated carbocycles. The summed E-state index contributed by atoms with van der Waals surface area (Å²) >= 11 is 0. The molecule has 1 aromatic heterocycles. The Kier molecular flexibility index (Phi) is 5.86. The van der Waals surface area contributed by atoms with Crippen LogP contribution in [-0.4, -0.2) is 16.7 Å². The number of hydrogen-bond acceptors (Lipinski definition) is 3. The van der Waals surface area contributed by atoms with Gasteiger partial charge in [-0.2, -0.15) is 0 Å². The van der Waals surface area contributed by atoms with E-state index in [4.69, 9.17) is 4.74 Å². The normalized spacial score (nSPS) is 12.6. The van der Waals surface area contributed by atoms with Gasteiger partial charge in [-0.25, -0.2) is 4.79 Å². The smallest absolute Gasteiger partial charge is 0.408 e. The number of hydrogen-bond donors (Lipinski definition) is 1. The summed E-state index contributed by atoms with van der Waals surface area (Å²) in [6.45, 7) is 11.6. The van der Waals surface area contributed by atoms with Gasteiger partial charge in [-0.1, -0.05) is 30.3 Å². The Morgan fingerprint density at radius 3 is 2.12 bits per heavy atom. The van der Waals surface area contributed by atoms with Gasteiger partial charge in [0.25, 0.3) is 0 Å². The van der Waals surface area contributed by atoms with Crippen LogP contribution in [0, 0.1) is 0 Å². The number of carbonyl (C=O) groups is 1. The molecule has 1 aromatic carbocycles. The van der Waals surface area contributed by atoms with Crippen molar-refractivity contribution >= 4 is 17.7 Å². The maximum absolute atomic E-state index is 12.1. The van der Waals surface area contributed by atoms with Crippen molar-refractivity contribution in [3.8, 4) is 0 Å². The number of allylic oxidation sites excluding steroid dienone is 1. The molecule has 0 radical (unpaired) electrons. The first kappa shape index (κ1) is 19.7. The standard InChI is InChI=1S/C22H28N2O2/c1-16(18-11-13-23-14-12-18)15-17-7-9-19(10-8-17)22(5,6)24-20(25)26-21(2,3)4/h7-15H,1-6H3,(H,24,25)/b16-15+. The summed E-state index contributed by atoms with van der Waals surface area (Å²) in [7, 11) is 0. The Morgan fingerprint density at radius 1 is 1.00 bits per heavy atom. The molecule has 0 aliphatic carbocycles. The van der Waals surface area contributed by atoms with Gasteiger partial charge in [0.15, 0.2) is 0 Å². The van der Waals surface area contributed by atoms with E-state index < -0.39 is 17.2 Å². The average molecular weight is 352 g/mol. The van der Waals surface area contributed by atoms with E-state index in [1.807, 2.05) is 58.9 Å². The van der Waals surface area contributed by atoms with Gasteiger partial charge in [-0.05, 0) is 75.9 Å². The first-order valence-electron chi connectivity index (χ1n) is 8.77. The van der Waals surface area contributed by atoms with Crippen LogP contribution in [0.4, 0.5) is 4.79 Å². The topological polar surface area (TPSA) is 51.2 Å². The lowest BCUT2D eigenvalue weighted by atomic mass is 9.93. The van der Waals surface area contributed by atoms with E-state index in [2.05, 4.69) is 35.4 Å². The zero-order valence-corrected chi connectivity index (χ0v) is 16.5. The number of rotatable bonds is 4. The van der Waals surface area contributed by atoms with Crippen LogP contribution in [0.3, 0.4) is 0 Å². The first-order chi connectivity index (χ1) is 12.1. The van der Waals surface area contributed by atoms with Crippen LogP contribution in [0.2, 0.25) is 0 Å². The molecule has 4 nitrogen and oxygen atoms in total. The van der Waals surface area contributed by atoms with E-state index in [0.29, 0.717) is 0 Å². The number of nitrogens with zero attached hydrogens (tertiary/aromatic N) is 1. The second-order valence-corrected chi connectivity index (χ2v) is 7.94. The summed E-state index contributed by atoms with van der Waals surface area (Å²) in [5.41, 5.74) is 3.41. The van der Waals surface area contributed by atoms with Crippen LogP contribution < -0.4 is 5.32 Å². The number of amides is 1. The number of carbonyl (C=O) groups excluding carboxylic acids is 1. The summed E-state index contributed by atoms with van der Waals surface area (Å²) in [5, 5.41) is 2.93. The van der Waals surface area contributed by atoms with E-state index in [9.17, 15) is 4.79 Å². The summed E-state index contributed by atoms with van der Waals surface area (Å²) < 4.78 is 5.36. The fraction of sp³-hybridized carbons (Fsp3) is 0.364. The van der Waals surface area contributed by atoms with Crippen molar-refractivity contribution in [2.24, 2.45) is 0 Å². The van der Waals surface area contributed by atoms with Crippen molar-refractivity contribution in [1.82, 2.24) is 10.3 Å². The molecule has 2 rings (SSSR count). The van der Waals surface area contributed by atoms with E-state index in [1.54, 1.807) is 12.4 Å². The second-order valence-electron chi connectivity index (χ2n) is 7.94. The molecule has 0 aliphatic heterocycles. The van der Waals surface area contributed by atoms with Gasteiger partial charge in [-0.3, -0.25) is 4.98 Å². The predicted molar refractivity (Wildman–Crippen MR) is 107 cm³/mol. The lowest BCUT2D eigenvalue weighted by molar-refractivity contribution is 0.0470. The monoisotopic (exact) mass is 352 g/mol. The van der Waals surface area contributed by atoms with Gasteiger partial charge in [-0.15, -0.1) is 0 Å². The number of nitrogens with one attached hydrogen (secondary N) is 1. The van der Waals surface area contributed by atoms with Crippen LogP contribution in [0.15, 0.2) is 48.8 Å². The maximum atomic E-state index is 12.1. The molecule has 4 heteroatoms. The Bertz CT molecular complexity index is 770. The van der Waals surface area contributed by atoms with Crippen LogP contribution in [0.5, 0.6) is 0 Å². The summed E-state index contributed by atoms with van der Waals surface area (Å²) in [4.78, 5) is 16.1. The molecule has 26 heavy (non-hydrogen) atoms. The van der Waals surface area contributed by atoms with E-state index in [-0.39, 0.29) is 0 Å². The Labute approximate surface area is 156 Å². The van der Waals surface area contributed by atoms with Crippen molar-refractivity contribution in [3.63, 3.8) is 0 Å². The van der Waals surface area contributed by atoms with Crippen molar-refractivity contribution in [2.75, 3.05) is 0 Å². The van der Waals surface area contributed by atoms with Gasteiger partial charge in [0.2, 0.25) is 0 Å². The van der Waals surface area contributed by atoms with Crippen molar-refractivity contribution < 1.29 is 9.53 Å². The number of aromatic nitrogens is 1. The minimum Gasteiger partial charge on any atom is -0.444 e. The fourth-order valence-electron chi connectivity index (χ4n) is 2.58. The van der Waals surface area contributed by atoms with E-state index in [0.717, 1.165) is 16.7 Å². The van der Waals surface area contributed by atoms with Gasteiger partial charge in [0, 0.05) is 12.4 Å². The quantitative estimate of drug-likeness (QED) is 0.801. The molecule has 0 bridgehead atoms. The highest BCUT2D eigenvalue weighted by atomic mass is 16.6. The second kappa shape index (κ2) is 7.73. The summed E-state index contributed by atoms with van der Waals surface area (Å²) in [6.07, 6.45) is 5.30. The largest absolute Gasteiger partial charge is 0.444 e. The molecule has 0 spiro atoms. The molecular formula is C22H28N2O2. The zero-order chi connectivity index (χ0) is 19.4. The summed E-state index contributed by atoms with van der Waals surface area (Å²) in [5.74, 6) is 0. The molecule has 0 atom stereocenters. The lowest BCUT2D eigenvalue weighted by Gasteiger charge is -2.29. The summed E-state index contributed by atoms with van der Waals surface area (Å²) in [6, 6.07) is 12.2. The van der Waals surface area contributed by atoms with Crippen LogP contribution >= 0.6 is 0 Å². The molecule has 1 N–H and O–H groups in total. The van der Waals surface area contributed by atoms with E-state index in [1.165, 1.54) is 5.57 Å². The predicted octanol–water partition coefficient (Wildman–Crippen LogP) is 5.40. The number of alkyl carbamates (subject to hydrolysis) is 1. The Morgan fingerprint density at radius 2 is 1.58 bits per heavy atom. The van der Waals surface area contributed by atoms with Crippen LogP contribution in [-0.2, 0) is 10.3 Å². The molecule has 138 valence electrons. The van der Waals surface area contributed by atoms with Crippen molar-refractivity contribution in [1.29, 1.82) is 0 Å². The molecule has 0 fully saturated rings. The van der Waals surface area contributed by atoms with Crippen LogP contribution in [0.1, 0.15) is 58.2 Å². The molecule has 1 heterocycles. The number of benzene rings is 1. The molecule has 0 saturated heterocycles. The van der Waals surface area contributed by atoms with Gasteiger partial charge in [0.1, 0.15) is 5.60 Å². The third-order valence-electron chi connectivity index (χ3n) is 3.96. The SMILES string of the molecule is C/C(=C\c1ccc(C(C)(C)NC(=O)OC(C)(C)C)cc1)c1ccncc1. The zero-order valence-electron chi connectivity index (χ0n) is 16.5. The number of ether oxygens (including phenoxy) is 1. The number of pyridine rings is 1.